The lowest BCUT2D eigenvalue weighted by Crippen LogP contribution is -2.27. The van der Waals surface area contributed by atoms with Gasteiger partial charge in [0.25, 0.3) is 5.91 Å². The summed E-state index contributed by atoms with van der Waals surface area (Å²) in [7, 11) is 1.62. The Hall–Kier alpha value is -2.89. The average molecular weight is 338 g/mol. The minimum absolute atomic E-state index is 0.176. The number of nitrogens with one attached hydrogen (secondary N) is 1. The van der Waals surface area contributed by atoms with E-state index in [2.05, 4.69) is 15.4 Å². The van der Waals surface area contributed by atoms with Gasteiger partial charge >= 0.3 is 0 Å². The molecule has 6 nitrogen and oxygen atoms in total. The normalized spacial score (nSPS) is 12.4. The van der Waals surface area contributed by atoms with Crippen molar-refractivity contribution < 1.29 is 9.53 Å². The lowest BCUT2D eigenvalue weighted by Gasteiger charge is -2.17. The van der Waals surface area contributed by atoms with Gasteiger partial charge in [-0.2, -0.15) is 5.10 Å². The first-order chi connectivity index (χ1) is 12.0. The van der Waals surface area contributed by atoms with Gasteiger partial charge < -0.3 is 10.1 Å². The van der Waals surface area contributed by atoms with Gasteiger partial charge in [0.2, 0.25) is 0 Å². The van der Waals surface area contributed by atoms with Crippen molar-refractivity contribution in [3.63, 3.8) is 0 Å². The molecule has 3 rings (SSSR count). The molecule has 0 aliphatic rings. The first-order valence-electron chi connectivity index (χ1n) is 8.28. The van der Waals surface area contributed by atoms with Crippen LogP contribution in [0.1, 0.15) is 48.8 Å². The smallest absolute Gasteiger partial charge is 0.253 e. The van der Waals surface area contributed by atoms with Crippen molar-refractivity contribution in [2.75, 3.05) is 7.11 Å². The quantitative estimate of drug-likeness (QED) is 0.773. The molecule has 3 aromatic rings. The van der Waals surface area contributed by atoms with Gasteiger partial charge in [0.15, 0.2) is 5.65 Å². The third kappa shape index (κ3) is 3.33. The maximum Gasteiger partial charge on any atom is 0.253 e. The van der Waals surface area contributed by atoms with Gasteiger partial charge in [-0.05, 0) is 32.9 Å². The summed E-state index contributed by atoms with van der Waals surface area (Å²) in [6, 6.07) is 9.51. The van der Waals surface area contributed by atoms with Crippen LogP contribution < -0.4 is 10.1 Å². The van der Waals surface area contributed by atoms with Crippen LogP contribution in [0.2, 0.25) is 0 Å². The topological polar surface area (TPSA) is 69.0 Å². The van der Waals surface area contributed by atoms with Crippen molar-refractivity contribution in [1.29, 1.82) is 0 Å². The Balaban J connectivity index is 1.82. The van der Waals surface area contributed by atoms with Crippen LogP contribution in [0, 0.1) is 0 Å². The molecule has 1 amide bonds. The lowest BCUT2D eigenvalue weighted by molar-refractivity contribution is 0.0939. The number of carbonyl (C=O) groups excluding carboxylic acids is 1. The van der Waals surface area contributed by atoms with Crippen molar-refractivity contribution in [2.24, 2.45) is 0 Å². The van der Waals surface area contributed by atoms with Crippen LogP contribution in [0.5, 0.6) is 5.75 Å². The van der Waals surface area contributed by atoms with E-state index in [0.29, 0.717) is 5.56 Å². The number of fused-ring (bicyclic) bond motifs is 1. The van der Waals surface area contributed by atoms with Crippen molar-refractivity contribution >= 4 is 16.9 Å². The maximum absolute atomic E-state index is 12.6. The van der Waals surface area contributed by atoms with Gasteiger partial charge in [-0.15, -0.1) is 0 Å². The zero-order valence-electron chi connectivity index (χ0n) is 14.9. The highest BCUT2D eigenvalue weighted by Gasteiger charge is 2.16. The number of ether oxygens (including phenoxy) is 1. The first-order valence-corrected chi connectivity index (χ1v) is 8.28. The molecule has 0 bridgehead atoms. The van der Waals surface area contributed by atoms with Crippen LogP contribution in [0.25, 0.3) is 11.0 Å². The van der Waals surface area contributed by atoms with Crippen LogP contribution in [0.3, 0.4) is 0 Å². The van der Waals surface area contributed by atoms with Crippen LogP contribution in [-0.4, -0.2) is 27.8 Å². The monoisotopic (exact) mass is 338 g/mol. The van der Waals surface area contributed by atoms with Crippen molar-refractivity contribution in [3.8, 4) is 5.75 Å². The van der Waals surface area contributed by atoms with Crippen LogP contribution in [0.4, 0.5) is 0 Å². The number of aromatic nitrogens is 3. The number of benzene rings is 1. The summed E-state index contributed by atoms with van der Waals surface area (Å²) >= 11 is 0. The molecule has 1 aromatic carbocycles. The fraction of sp³-hybridized carbons (Fsp3) is 0.316. The predicted molar refractivity (Wildman–Crippen MR) is 96.8 cm³/mol. The fourth-order valence-corrected chi connectivity index (χ4v) is 2.82. The molecule has 130 valence electrons. The highest BCUT2D eigenvalue weighted by molar-refractivity contribution is 5.97. The Morgan fingerprint density at radius 3 is 2.68 bits per heavy atom. The zero-order chi connectivity index (χ0) is 18.0. The number of methoxy groups -OCH3 is 1. The molecule has 1 N–H and O–H groups in total. The molecule has 0 unspecified atom stereocenters. The third-order valence-electron chi connectivity index (χ3n) is 4.14. The second-order valence-corrected chi connectivity index (χ2v) is 6.26. The molecule has 0 saturated heterocycles. The Bertz CT molecular complexity index is 901. The molecule has 0 fully saturated rings. The first kappa shape index (κ1) is 17.0. The molecule has 2 aromatic heterocycles. The number of carbonyl (C=O) groups is 1. The Labute approximate surface area is 146 Å². The Morgan fingerprint density at radius 1 is 1.20 bits per heavy atom. The van der Waals surface area contributed by atoms with Gasteiger partial charge in [0, 0.05) is 23.2 Å². The fourth-order valence-electron chi connectivity index (χ4n) is 2.82. The minimum Gasteiger partial charge on any atom is -0.496 e. The highest BCUT2D eigenvalue weighted by Crippen LogP contribution is 2.25. The second kappa shape index (κ2) is 6.93. The van der Waals surface area contributed by atoms with E-state index in [1.54, 1.807) is 19.5 Å². The summed E-state index contributed by atoms with van der Waals surface area (Å²) in [6.45, 7) is 6.02. The van der Waals surface area contributed by atoms with E-state index in [0.717, 1.165) is 22.3 Å². The molecule has 0 radical (unpaired) electrons. The standard InChI is InChI=1S/C19H22N4O2/c1-12(2)23-18-14(11-21-23)9-15(10-20-18)19(24)22-13(3)16-7-5-6-8-17(16)25-4/h5-13H,1-4H3,(H,22,24)/t13-/m0/s1. The van der Waals surface area contributed by atoms with E-state index in [1.165, 1.54) is 0 Å². The molecule has 0 aliphatic carbocycles. The van der Waals surface area contributed by atoms with E-state index in [1.807, 2.05) is 55.8 Å². The van der Waals surface area contributed by atoms with E-state index < -0.39 is 0 Å². The van der Waals surface area contributed by atoms with Gasteiger partial charge in [-0.25, -0.2) is 9.67 Å². The summed E-state index contributed by atoms with van der Waals surface area (Å²) in [4.78, 5) is 17.0. The van der Waals surface area contributed by atoms with Crippen molar-refractivity contribution in [2.45, 2.75) is 32.9 Å². The largest absolute Gasteiger partial charge is 0.496 e. The number of para-hydroxylation sites is 1. The van der Waals surface area contributed by atoms with E-state index >= 15 is 0 Å². The molecular weight excluding hydrogens is 316 g/mol. The van der Waals surface area contributed by atoms with E-state index in [9.17, 15) is 4.79 Å². The summed E-state index contributed by atoms with van der Waals surface area (Å²) < 4.78 is 7.20. The van der Waals surface area contributed by atoms with Gasteiger partial charge in [-0.3, -0.25) is 4.79 Å². The summed E-state index contributed by atoms with van der Waals surface area (Å²) in [5, 5.41) is 8.18. The van der Waals surface area contributed by atoms with Crippen LogP contribution in [0.15, 0.2) is 42.7 Å². The minimum atomic E-state index is -0.183. The van der Waals surface area contributed by atoms with E-state index in [4.69, 9.17) is 4.74 Å². The number of pyridine rings is 1. The summed E-state index contributed by atoms with van der Waals surface area (Å²) in [5.41, 5.74) is 2.22. The van der Waals surface area contributed by atoms with E-state index in [-0.39, 0.29) is 18.0 Å². The highest BCUT2D eigenvalue weighted by atomic mass is 16.5. The average Bonchev–Trinajstić information content (AvgIpc) is 3.04. The zero-order valence-corrected chi connectivity index (χ0v) is 14.9. The number of hydrogen-bond acceptors (Lipinski definition) is 4. The number of amides is 1. The Kier molecular flexibility index (Phi) is 4.70. The number of hydrogen-bond donors (Lipinski definition) is 1. The number of nitrogens with zero attached hydrogens (tertiary/aromatic N) is 3. The number of rotatable bonds is 5. The maximum atomic E-state index is 12.6. The van der Waals surface area contributed by atoms with Gasteiger partial charge in [-0.1, -0.05) is 18.2 Å². The molecule has 2 heterocycles. The van der Waals surface area contributed by atoms with Gasteiger partial charge in [0.05, 0.1) is 24.9 Å². The van der Waals surface area contributed by atoms with Crippen molar-refractivity contribution in [1.82, 2.24) is 20.1 Å². The second-order valence-electron chi connectivity index (χ2n) is 6.26. The lowest BCUT2D eigenvalue weighted by atomic mass is 10.1. The molecule has 25 heavy (non-hydrogen) atoms. The third-order valence-corrected chi connectivity index (χ3v) is 4.14. The summed E-state index contributed by atoms with van der Waals surface area (Å²) in [6.07, 6.45) is 3.33. The molecule has 0 spiro atoms. The van der Waals surface area contributed by atoms with Crippen molar-refractivity contribution in [3.05, 3.63) is 53.9 Å². The Morgan fingerprint density at radius 2 is 1.96 bits per heavy atom. The molecule has 0 saturated carbocycles. The molecule has 6 heteroatoms. The van der Waals surface area contributed by atoms with Gasteiger partial charge in [0.1, 0.15) is 5.75 Å². The van der Waals surface area contributed by atoms with Crippen LogP contribution >= 0.6 is 0 Å². The molecular formula is C19H22N4O2. The summed E-state index contributed by atoms with van der Waals surface area (Å²) in [5.74, 6) is 0.576. The molecule has 1 atom stereocenters. The van der Waals surface area contributed by atoms with Crippen LogP contribution in [-0.2, 0) is 0 Å². The predicted octanol–water partition coefficient (Wildman–Crippen LogP) is 3.51. The molecule has 0 aliphatic heterocycles. The SMILES string of the molecule is COc1ccccc1[C@H](C)NC(=O)c1cnc2c(cnn2C(C)C)c1.